The fourth-order valence-corrected chi connectivity index (χ4v) is 2.30. The molecule has 3 aromatic rings. The fourth-order valence-electron chi connectivity index (χ4n) is 2.30. The van der Waals surface area contributed by atoms with Gasteiger partial charge in [-0.25, -0.2) is 9.97 Å². The molecular formula is C17H20N6. The molecule has 6 nitrogen and oxygen atoms in total. The van der Waals surface area contributed by atoms with Gasteiger partial charge in [0.1, 0.15) is 0 Å². The van der Waals surface area contributed by atoms with Crippen LogP contribution in [0.15, 0.2) is 60.4 Å². The predicted molar refractivity (Wildman–Crippen MR) is 89.9 cm³/mol. The fraction of sp³-hybridized carbons (Fsp3) is 0.235. The van der Waals surface area contributed by atoms with E-state index in [1.54, 1.807) is 12.7 Å². The summed E-state index contributed by atoms with van der Waals surface area (Å²) in [7, 11) is 0. The third-order valence-corrected chi connectivity index (χ3v) is 3.50. The molecule has 6 heteroatoms. The van der Waals surface area contributed by atoms with Gasteiger partial charge in [-0.2, -0.15) is 0 Å². The van der Waals surface area contributed by atoms with Crippen molar-refractivity contribution < 1.29 is 0 Å². The van der Waals surface area contributed by atoms with Crippen LogP contribution in [0.4, 0.5) is 5.69 Å². The highest BCUT2D eigenvalue weighted by atomic mass is 14.9. The third kappa shape index (κ3) is 4.54. The maximum absolute atomic E-state index is 4.71. The normalized spacial score (nSPS) is 11.6. The first-order valence-corrected chi connectivity index (χ1v) is 7.70. The number of nitrogens with one attached hydrogen (secondary N) is 3. The summed E-state index contributed by atoms with van der Waals surface area (Å²) < 4.78 is 0. The molecule has 3 rings (SSSR count). The highest BCUT2D eigenvalue weighted by molar-refractivity contribution is 5.41. The molecule has 0 aliphatic heterocycles. The molecule has 23 heavy (non-hydrogen) atoms. The van der Waals surface area contributed by atoms with Crippen molar-refractivity contribution >= 4 is 5.69 Å². The maximum Gasteiger partial charge on any atom is 0.0921 e. The van der Waals surface area contributed by atoms with Gasteiger partial charge >= 0.3 is 0 Å². The van der Waals surface area contributed by atoms with E-state index in [1.165, 1.54) is 0 Å². The van der Waals surface area contributed by atoms with Crippen LogP contribution in [0.2, 0.25) is 0 Å². The number of H-pyrrole nitrogens is 2. The Balaban J connectivity index is 1.65. The molecule has 0 saturated carbocycles. The molecule has 0 atom stereocenters. The van der Waals surface area contributed by atoms with Crippen LogP contribution in [-0.2, 0) is 12.8 Å². The van der Waals surface area contributed by atoms with E-state index in [1.807, 2.05) is 36.7 Å². The van der Waals surface area contributed by atoms with Crippen molar-refractivity contribution in [2.75, 3.05) is 18.4 Å². The minimum absolute atomic E-state index is 0.724. The summed E-state index contributed by atoms with van der Waals surface area (Å²) in [5.74, 6) is 0. The Hall–Kier alpha value is -2.89. The zero-order valence-electron chi connectivity index (χ0n) is 12.9. The van der Waals surface area contributed by atoms with E-state index >= 15 is 0 Å². The number of hydrogen-bond acceptors (Lipinski definition) is 4. The smallest absolute Gasteiger partial charge is 0.0921 e. The molecule has 0 aliphatic rings. The molecule has 0 bridgehead atoms. The van der Waals surface area contributed by atoms with E-state index in [2.05, 4.69) is 31.3 Å². The summed E-state index contributed by atoms with van der Waals surface area (Å²) in [5.41, 5.74) is 3.26. The van der Waals surface area contributed by atoms with Crippen LogP contribution >= 0.6 is 0 Å². The number of nitrogens with zero attached hydrogens (tertiary/aromatic N) is 3. The van der Waals surface area contributed by atoms with Gasteiger partial charge in [0, 0.05) is 49.7 Å². The number of aromatic nitrogens is 4. The lowest BCUT2D eigenvalue weighted by atomic mass is 10.3. The Kier molecular flexibility index (Phi) is 5.18. The van der Waals surface area contributed by atoms with Gasteiger partial charge in [-0.15, -0.1) is 0 Å². The van der Waals surface area contributed by atoms with Gasteiger partial charge in [0.15, 0.2) is 0 Å². The molecule has 0 radical (unpaired) electrons. The SMILES string of the molecule is c1ccc(NCCc2cnc[nH]2)c(=NCCc2cnc[nH]2)cc1. The predicted octanol–water partition coefficient (Wildman–Crippen LogP) is 1.93. The van der Waals surface area contributed by atoms with Crippen molar-refractivity contribution in [2.24, 2.45) is 4.99 Å². The Labute approximate surface area is 134 Å². The molecule has 0 unspecified atom stereocenters. The number of imidazole rings is 2. The molecule has 2 aromatic heterocycles. The first-order valence-electron chi connectivity index (χ1n) is 7.70. The monoisotopic (exact) mass is 308 g/mol. The molecule has 2 heterocycles. The lowest BCUT2D eigenvalue weighted by Gasteiger charge is -2.04. The van der Waals surface area contributed by atoms with Gasteiger partial charge in [0.05, 0.1) is 23.7 Å². The molecule has 0 amide bonds. The first kappa shape index (κ1) is 15.0. The summed E-state index contributed by atoms with van der Waals surface area (Å²) in [6, 6.07) is 10.1. The molecule has 0 spiro atoms. The summed E-state index contributed by atoms with van der Waals surface area (Å²) in [6.45, 7) is 1.55. The molecule has 3 N–H and O–H groups in total. The minimum atomic E-state index is 0.724. The molecule has 118 valence electrons. The van der Waals surface area contributed by atoms with Crippen LogP contribution in [-0.4, -0.2) is 33.0 Å². The standard InChI is InChI=1S/C17H20N6/c1-2-4-16(20-8-6-14-10-18-12-22-14)17(5-3-1)21-9-7-15-11-19-13-23-15/h1-5,10-13H,6-9H2,(H,18,22)(H,19,23)(H,20,21). The summed E-state index contributed by atoms with van der Waals surface area (Å²) in [4.78, 5) is 19.0. The van der Waals surface area contributed by atoms with Gasteiger partial charge < -0.3 is 15.3 Å². The molecule has 1 aromatic carbocycles. The Morgan fingerprint density at radius 1 is 0.913 bits per heavy atom. The van der Waals surface area contributed by atoms with Crippen molar-refractivity contribution in [1.29, 1.82) is 0 Å². The van der Waals surface area contributed by atoms with E-state index in [-0.39, 0.29) is 0 Å². The van der Waals surface area contributed by atoms with Gasteiger partial charge in [-0.3, -0.25) is 4.99 Å². The molecule has 0 fully saturated rings. The third-order valence-electron chi connectivity index (χ3n) is 3.50. The van der Waals surface area contributed by atoms with Gasteiger partial charge in [-0.05, 0) is 12.1 Å². The summed E-state index contributed by atoms with van der Waals surface area (Å²) in [6.07, 6.45) is 8.83. The van der Waals surface area contributed by atoms with E-state index in [0.29, 0.717) is 0 Å². The van der Waals surface area contributed by atoms with E-state index < -0.39 is 0 Å². The molecular weight excluding hydrogens is 288 g/mol. The van der Waals surface area contributed by atoms with E-state index in [4.69, 9.17) is 4.99 Å². The van der Waals surface area contributed by atoms with Crippen molar-refractivity contribution in [3.8, 4) is 0 Å². The number of rotatable bonds is 7. The van der Waals surface area contributed by atoms with Gasteiger partial charge in [0.2, 0.25) is 0 Å². The first-order chi connectivity index (χ1) is 11.4. The van der Waals surface area contributed by atoms with Gasteiger partial charge in [0.25, 0.3) is 0 Å². The zero-order chi connectivity index (χ0) is 15.7. The Bertz CT molecular complexity index is 762. The number of aromatic amines is 2. The van der Waals surface area contributed by atoms with Crippen LogP contribution < -0.4 is 10.7 Å². The van der Waals surface area contributed by atoms with Crippen molar-refractivity contribution in [3.63, 3.8) is 0 Å². The van der Waals surface area contributed by atoms with Crippen LogP contribution in [0.1, 0.15) is 11.4 Å². The van der Waals surface area contributed by atoms with Gasteiger partial charge in [-0.1, -0.05) is 18.2 Å². The Morgan fingerprint density at radius 3 is 2.39 bits per heavy atom. The quantitative estimate of drug-likeness (QED) is 0.624. The average molecular weight is 308 g/mol. The minimum Gasteiger partial charge on any atom is -0.383 e. The Morgan fingerprint density at radius 2 is 1.65 bits per heavy atom. The molecule has 0 aliphatic carbocycles. The number of anilines is 1. The van der Waals surface area contributed by atoms with Crippen molar-refractivity contribution in [3.05, 3.63) is 72.1 Å². The lowest BCUT2D eigenvalue weighted by Crippen LogP contribution is -2.13. The van der Waals surface area contributed by atoms with E-state index in [0.717, 1.165) is 48.4 Å². The van der Waals surface area contributed by atoms with E-state index in [9.17, 15) is 0 Å². The van der Waals surface area contributed by atoms with Crippen molar-refractivity contribution in [2.45, 2.75) is 12.8 Å². The van der Waals surface area contributed by atoms with Crippen LogP contribution in [0, 0.1) is 0 Å². The molecule has 0 saturated heterocycles. The lowest BCUT2D eigenvalue weighted by molar-refractivity contribution is 0.906. The highest BCUT2D eigenvalue weighted by Gasteiger charge is 1.97. The zero-order valence-corrected chi connectivity index (χ0v) is 12.9. The number of hydrogen-bond donors (Lipinski definition) is 3. The second-order valence-corrected chi connectivity index (χ2v) is 5.17. The highest BCUT2D eigenvalue weighted by Crippen LogP contribution is 2.00. The second-order valence-electron chi connectivity index (χ2n) is 5.17. The summed E-state index contributed by atoms with van der Waals surface area (Å²) >= 11 is 0. The topological polar surface area (TPSA) is 81.8 Å². The van der Waals surface area contributed by atoms with Crippen molar-refractivity contribution in [1.82, 2.24) is 19.9 Å². The van der Waals surface area contributed by atoms with Crippen LogP contribution in [0.25, 0.3) is 0 Å². The van der Waals surface area contributed by atoms with Crippen LogP contribution in [0.3, 0.4) is 0 Å². The van der Waals surface area contributed by atoms with Crippen LogP contribution in [0.5, 0.6) is 0 Å². The maximum atomic E-state index is 4.71. The second kappa shape index (κ2) is 7.93. The largest absolute Gasteiger partial charge is 0.383 e. The summed E-state index contributed by atoms with van der Waals surface area (Å²) in [5, 5.41) is 4.42. The average Bonchev–Trinajstić information content (AvgIpc) is 3.21.